The number of rotatable bonds is 4. The van der Waals surface area contributed by atoms with Crippen LogP contribution in [0.5, 0.6) is 0 Å². The highest BCUT2D eigenvalue weighted by Crippen LogP contribution is 2.33. The Kier molecular flexibility index (Phi) is 5.49. The van der Waals surface area contributed by atoms with Gasteiger partial charge < -0.3 is 4.42 Å². The van der Waals surface area contributed by atoms with Crippen LogP contribution >= 0.6 is 0 Å². The smallest absolute Gasteiger partial charge is 0.416 e. The van der Waals surface area contributed by atoms with Crippen LogP contribution in [0.15, 0.2) is 71.1 Å². The molecule has 0 unspecified atom stereocenters. The molecule has 1 amide bonds. The van der Waals surface area contributed by atoms with Crippen LogP contribution in [0.1, 0.15) is 21.8 Å². The van der Waals surface area contributed by atoms with E-state index in [0.29, 0.717) is 15.2 Å². The summed E-state index contributed by atoms with van der Waals surface area (Å²) in [6.45, 7) is 1.82. The van der Waals surface area contributed by atoms with Crippen LogP contribution in [0, 0.1) is 6.92 Å². The number of alkyl halides is 3. The van der Waals surface area contributed by atoms with Gasteiger partial charge in [-0.15, -0.1) is 0 Å². The normalized spacial score (nSPS) is 12.2. The molecule has 33 heavy (non-hydrogen) atoms. The molecule has 2 aromatic carbocycles. The summed E-state index contributed by atoms with van der Waals surface area (Å²) in [5, 5.41) is 0.628. The van der Waals surface area contributed by atoms with Crippen LogP contribution in [-0.4, -0.2) is 25.6 Å². The molecule has 0 aliphatic heterocycles. The van der Waals surface area contributed by atoms with Gasteiger partial charge in [0.25, 0.3) is 0 Å². The second-order valence-electron chi connectivity index (χ2n) is 7.40. The first-order chi connectivity index (χ1) is 15.4. The third kappa shape index (κ3) is 4.61. The van der Waals surface area contributed by atoms with Crippen LogP contribution in [0.25, 0.3) is 22.2 Å². The quantitative estimate of drug-likeness (QED) is 0.394. The van der Waals surface area contributed by atoms with Crippen molar-refractivity contribution in [2.24, 2.45) is 0 Å². The largest absolute Gasteiger partial charge is 0.451 e. The molecule has 0 aliphatic carbocycles. The molecule has 0 spiro atoms. The maximum absolute atomic E-state index is 13.1. The molecule has 0 N–H and O–H groups in total. The molecule has 170 valence electrons. The Morgan fingerprint density at radius 3 is 2.45 bits per heavy atom. The number of benzene rings is 2. The van der Waals surface area contributed by atoms with Crippen molar-refractivity contribution in [1.29, 1.82) is 0 Å². The van der Waals surface area contributed by atoms with Crippen molar-refractivity contribution in [3.63, 3.8) is 0 Å². The number of sulfonamides is 1. The van der Waals surface area contributed by atoms with Gasteiger partial charge in [-0.2, -0.15) is 13.2 Å². The van der Waals surface area contributed by atoms with Crippen LogP contribution in [-0.2, 0) is 16.2 Å². The van der Waals surface area contributed by atoms with E-state index in [9.17, 15) is 26.4 Å². The van der Waals surface area contributed by atoms with Crippen molar-refractivity contribution in [3.8, 4) is 11.3 Å². The molecule has 2 heterocycles. The van der Waals surface area contributed by atoms with E-state index >= 15 is 0 Å². The second-order valence-corrected chi connectivity index (χ2v) is 9.24. The van der Waals surface area contributed by atoms with Crippen molar-refractivity contribution in [2.75, 3.05) is 10.6 Å². The van der Waals surface area contributed by atoms with Crippen LogP contribution in [0.4, 0.5) is 18.9 Å². The molecule has 0 radical (unpaired) electrons. The van der Waals surface area contributed by atoms with Crippen LogP contribution < -0.4 is 4.31 Å². The van der Waals surface area contributed by atoms with Crippen molar-refractivity contribution in [3.05, 3.63) is 83.7 Å². The number of aryl methyl sites for hydroxylation is 1. The van der Waals surface area contributed by atoms with Crippen molar-refractivity contribution < 1.29 is 30.8 Å². The van der Waals surface area contributed by atoms with Gasteiger partial charge >= 0.3 is 12.1 Å². The number of hydrogen-bond donors (Lipinski definition) is 0. The molecular weight excluding hydrogens is 457 g/mol. The van der Waals surface area contributed by atoms with Gasteiger partial charge in [-0.1, -0.05) is 18.2 Å². The van der Waals surface area contributed by atoms with Gasteiger partial charge in [-0.05, 0) is 55.5 Å². The number of fused-ring (bicyclic) bond motifs is 1. The van der Waals surface area contributed by atoms with E-state index in [0.717, 1.165) is 24.1 Å². The molecule has 4 aromatic rings. The maximum atomic E-state index is 13.1. The number of anilines is 1. The first kappa shape index (κ1) is 22.5. The number of carbonyl (C=O) groups excluding carboxylic acids is 1. The Morgan fingerprint density at radius 2 is 1.76 bits per heavy atom. The van der Waals surface area contributed by atoms with Crippen LogP contribution in [0.3, 0.4) is 0 Å². The zero-order valence-corrected chi connectivity index (χ0v) is 18.2. The predicted octanol–water partition coefficient (Wildman–Crippen LogP) is 5.43. The summed E-state index contributed by atoms with van der Waals surface area (Å²) >= 11 is 0. The summed E-state index contributed by atoms with van der Waals surface area (Å²) in [4.78, 5) is 17.5. The molecule has 0 saturated carbocycles. The highest BCUT2D eigenvalue weighted by Gasteiger charge is 2.32. The van der Waals surface area contributed by atoms with E-state index in [1.165, 1.54) is 36.4 Å². The lowest BCUT2D eigenvalue weighted by Gasteiger charge is -2.19. The van der Waals surface area contributed by atoms with Gasteiger partial charge in [0.05, 0.1) is 23.0 Å². The summed E-state index contributed by atoms with van der Waals surface area (Å²) in [7, 11) is -4.07. The third-order valence-electron chi connectivity index (χ3n) is 4.85. The summed E-state index contributed by atoms with van der Waals surface area (Å²) in [5.41, 5.74) is 0.718. The second kappa shape index (κ2) is 8.04. The van der Waals surface area contributed by atoms with Gasteiger partial charge in [0.1, 0.15) is 5.76 Å². The number of amides is 1. The molecule has 4 rings (SSSR count). The summed E-state index contributed by atoms with van der Waals surface area (Å²) in [5.74, 6) is -1.32. The van der Waals surface area contributed by atoms with E-state index in [1.807, 2.05) is 6.92 Å². The van der Waals surface area contributed by atoms with Gasteiger partial charge in [-0.3, -0.25) is 9.78 Å². The third-order valence-corrected chi connectivity index (χ3v) is 5.89. The number of aromatic nitrogens is 1. The SMILES string of the molecule is Cc1ccc2cc(N(C(=O)c3ccc(-c4cccc(C(F)(F)F)c4)o3)S(C)(=O)=O)ccc2n1. The topological polar surface area (TPSA) is 80.5 Å². The van der Waals surface area contributed by atoms with E-state index < -0.39 is 27.7 Å². The number of halogens is 3. The van der Waals surface area contributed by atoms with E-state index in [1.54, 1.807) is 18.2 Å². The Bertz CT molecular complexity index is 1480. The Balaban J connectivity index is 1.73. The molecule has 0 bridgehead atoms. The fourth-order valence-corrected chi connectivity index (χ4v) is 4.25. The molecule has 0 atom stereocenters. The first-order valence-corrected chi connectivity index (χ1v) is 11.5. The number of hydrogen-bond acceptors (Lipinski definition) is 5. The van der Waals surface area contributed by atoms with Crippen molar-refractivity contribution in [2.45, 2.75) is 13.1 Å². The monoisotopic (exact) mass is 474 g/mol. The minimum Gasteiger partial charge on any atom is -0.451 e. The van der Waals surface area contributed by atoms with Crippen molar-refractivity contribution >= 4 is 32.5 Å². The number of carbonyl (C=O) groups is 1. The molecular formula is C23H17F3N2O4S. The zero-order chi connectivity index (χ0) is 24.0. The van der Waals surface area contributed by atoms with Crippen molar-refractivity contribution in [1.82, 2.24) is 4.98 Å². The number of nitrogens with zero attached hydrogens (tertiary/aromatic N) is 2. The lowest BCUT2D eigenvalue weighted by molar-refractivity contribution is -0.137. The molecule has 10 heteroatoms. The Hall–Kier alpha value is -3.66. The van der Waals surface area contributed by atoms with Gasteiger partial charge in [-0.25, -0.2) is 12.7 Å². The molecule has 0 aliphatic rings. The lowest BCUT2D eigenvalue weighted by Crippen LogP contribution is -2.36. The molecule has 0 saturated heterocycles. The molecule has 0 fully saturated rings. The lowest BCUT2D eigenvalue weighted by atomic mass is 10.1. The fraction of sp³-hybridized carbons (Fsp3) is 0.130. The summed E-state index contributed by atoms with van der Waals surface area (Å²) in [6.07, 6.45) is -3.67. The summed E-state index contributed by atoms with van der Waals surface area (Å²) in [6, 6.07) is 15.0. The Labute approximate surface area is 187 Å². The number of furan rings is 1. The highest BCUT2D eigenvalue weighted by molar-refractivity contribution is 7.92. The van der Waals surface area contributed by atoms with E-state index in [-0.39, 0.29) is 22.8 Å². The maximum Gasteiger partial charge on any atom is 0.416 e. The van der Waals surface area contributed by atoms with Gasteiger partial charge in [0.2, 0.25) is 10.0 Å². The standard InChI is InChI=1S/C23H17F3N2O4S/c1-14-6-7-15-13-18(8-9-19(15)27-14)28(33(2,30)31)22(29)21-11-10-20(32-21)16-4-3-5-17(12-16)23(24,25)26/h3-13H,1-2H3. The first-order valence-electron chi connectivity index (χ1n) is 9.63. The fourth-order valence-electron chi connectivity index (χ4n) is 3.36. The Morgan fingerprint density at radius 1 is 1.00 bits per heavy atom. The predicted molar refractivity (Wildman–Crippen MR) is 117 cm³/mol. The van der Waals surface area contributed by atoms with Gasteiger partial charge in [0, 0.05) is 16.6 Å². The van der Waals surface area contributed by atoms with E-state index in [4.69, 9.17) is 4.42 Å². The minimum atomic E-state index is -4.54. The van der Waals surface area contributed by atoms with Gasteiger partial charge in [0.15, 0.2) is 5.76 Å². The average Bonchev–Trinajstić information content (AvgIpc) is 3.23. The van der Waals surface area contributed by atoms with Crippen LogP contribution in [0.2, 0.25) is 0 Å². The van der Waals surface area contributed by atoms with E-state index in [2.05, 4.69) is 4.98 Å². The minimum absolute atomic E-state index is 0.00362. The average molecular weight is 474 g/mol. The highest BCUT2D eigenvalue weighted by atomic mass is 32.2. The number of pyridine rings is 1. The molecule has 6 nitrogen and oxygen atoms in total. The summed E-state index contributed by atoms with van der Waals surface area (Å²) < 4.78 is 70.1. The zero-order valence-electron chi connectivity index (χ0n) is 17.4. The molecule has 2 aromatic heterocycles.